The van der Waals surface area contributed by atoms with Crippen molar-refractivity contribution >= 4 is 39.3 Å². The molecule has 0 spiro atoms. The van der Waals surface area contributed by atoms with Crippen molar-refractivity contribution < 1.29 is 36.6 Å². The molecular weight excluding hydrogens is 662 g/mol. The fourth-order valence-electron chi connectivity index (χ4n) is 5.60. The zero-order valence-electron chi connectivity index (χ0n) is 26.3. The van der Waals surface area contributed by atoms with E-state index in [1.54, 1.807) is 12.1 Å². The molecular formula is C31H43Cl2FN4O7S. The zero-order chi connectivity index (χ0) is 33.5. The Morgan fingerprint density at radius 3 is 2.54 bits per heavy atom. The first-order valence-electron chi connectivity index (χ1n) is 15.3. The van der Waals surface area contributed by atoms with Crippen LogP contribution in [0, 0.1) is 5.82 Å². The van der Waals surface area contributed by atoms with Gasteiger partial charge < -0.3 is 30.0 Å². The Morgan fingerprint density at radius 2 is 1.85 bits per heavy atom. The topological polar surface area (TPSA) is 141 Å². The van der Waals surface area contributed by atoms with Crippen molar-refractivity contribution in [2.45, 2.75) is 68.7 Å². The van der Waals surface area contributed by atoms with Crippen LogP contribution in [0.1, 0.15) is 50.8 Å². The van der Waals surface area contributed by atoms with Gasteiger partial charge in [-0.15, -0.1) is 0 Å². The van der Waals surface area contributed by atoms with E-state index < -0.39 is 33.6 Å². The third kappa shape index (κ3) is 10.1. The van der Waals surface area contributed by atoms with E-state index in [4.69, 9.17) is 47.9 Å². The molecule has 0 radical (unpaired) electrons. The Balaban J connectivity index is 1.46. The first-order chi connectivity index (χ1) is 21.8. The van der Waals surface area contributed by atoms with Gasteiger partial charge in [0.15, 0.2) is 11.6 Å². The summed E-state index contributed by atoms with van der Waals surface area (Å²) >= 11 is 13.0. The number of carbonyl (C=O) groups excluding carboxylic acids is 1. The summed E-state index contributed by atoms with van der Waals surface area (Å²) in [6, 6.07) is 6.55. The van der Waals surface area contributed by atoms with E-state index in [1.165, 1.54) is 12.1 Å². The van der Waals surface area contributed by atoms with Crippen LogP contribution >= 0.6 is 23.2 Å². The number of piperidine rings is 1. The molecule has 1 heterocycles. The molecule has 2 aromatic carbocycles. The number of rotatable bonds is 14. The molecule has 1 fully saturated rings. The largest absolute Gasteiger partial charge is 0.481 e. The number of alkyl carbamates (subject to hydrolysis) is 1. The summed E-state index contributed by atoms with van der Waals surface area (Å²) in [4.78, 5) is 14.4. The molecule has 1 saturated heterocycles. The summed E-state index contributed by atoms with van der Waals surface area (Å²) in [6.07, 6.45) is 0.974. The summed E-state index contributed by atoms with van der Waals surface area (Å²) in [5.74, 6) is -0.946. The number of hydrogen-bond acceptors (Lipinski definition) is 9. The molecule has 46 heavy (non-hydrogen) atoms. The van der Waals surface area contributed by atoms with Crippen molar-refractivity contribution in [3.8, 4) is 5.75 Å². The molecule has 1 amide bonds. The van der Waals surface area contributed by atoms with Crippen LogP contribution in [-0.4, -0.2) is 89.7 Å². The van der Waals surface area contributed by atoms with Gasteiger partial charge in [-0.1, -0.05) is 23.2 Å². The van der Waals surface area contributed by atoms with E-state index in [2.05, 4.69) is 14.9 Å². The summed E-state index contributed by atoms with van der Waals surface area (Å²) in [5, 5.41) is 3.87. The van der Waals surface area contributed by atoms with E-state index in [9.17, 15) is 13.2 Å². The van der Waals surface area contributed by atoms with Crippen LogP contribution in [-0.2, 0) is 30.7 Å². The second kappa shape index (κ2) is 16.2. The molecule has 2 aliphatic rings. The van der Waals surface area contributed by atoms with Crippen molar-refractivity contribution in [2.75, 3.05) is 52.6 Å². The number of carbonyl (C=O) groups is 1. The van der Waals surface area contributed by atoms with Gasteiger partial charge in [0.1, 0.15) is 11.7 Å². The van der Waals surface area contributed by atoms with Crippen molar-refractivity contribution in [1.29, 1.82) is 0 Å². The highest BCUT2D eigenvalue weighted by atomic mass is 35.5. The van der Waals surface area contributed by atoms with Gasteiger partial charge in [0.2, 0.25) is 10.0 Å². The zero-order valence-corrected chi connectivity index (χ0v) is 28.6. The van der Waals surface area contributed by atoms with Crippen LogP contribution in [0.15, 0.2) is 35.2 Å². The molecule has 1 aliphatic carbocycles. The Morgan fingerprint density at radius 1 is 1.11 bits per heavy atom. The SMILES string of the molecule is CC(C)(C)OC(=O)N[C@@H]1CCCN([C@H]2Cc3c(Cl)cc(Cl)cc3[C@@H]2Oc2ccc(S(=O)(=O)NCCOCCOCCN)cc2F)C1. The average molecular weight is 706 g/mol. The third-order valence-electron chi connectivity index (χ3n) is 7.55. The Labute approximate surface area is 280 Å². The van der Waals surface area contributed by atoms with E-state index in [0.29, 0.717) is 49.4 Å². The lowest BCUT2D eigenvalue weighted by molar-refractivity contribution is 0.0354. The van der Waals surface area contributed by atoms with Crippen molar-refractivity contribution in [3.63, 3.8) is 0 Å². The van der Waals surface area contributed by atoms with Crippen LogP contribution in [0.3, 0.4) is 0 Å². The molecule has 3 atom stereocenters. The first-order valence-corrected chi connectivity index (χ1v) is 17.5. The maximum atomic E-state index is 15.5. The lowest BCUT2D eigenvalue weighted by atomic mass is 10.0. The maximum absolute atomic E-state index is 15.5. The van der Waals surface area contributed by atoms with E-state index in [1.807, 2.05) is 20.8 Å². The van der Waals surface area contributed by atoms with Crippen LogP contribution in [0.2, 0.25) is 10.0 Å². The molecule has 0 bridgehead atoms. The molecule has 4 rings (SSSR count). The number of nitrogens with two attached hydrogens (primary N) is 1. The minimum absolute atomic E-state index is 0.000757. The van der Waals surface area contributed by atoms with E-state index in [0.717, 1.165) is 36.6 Å². The second-order valence-corrected chi connectivity index (χ2v) is 14.9. The number of nitrogens with one attached hydrogen (secondary N) is 2. The van der Waals surface area contributed by atoms with Crippen molar-refractivity contribution in [2.24, 2.45) is 5.73 Å². The van der Waals surface area contributed by atoms with Crippen LogP contribution in [0.25, 0.3) is 0 Å². The Kier molecular flexibility index (Phi) is 12.9. The van der Waals surface area contributed by atoms with Crippen molar-refractivity contribution in [1.82, 2.24) is 14.9 Å². The van der Waals surface area contributed by atoms with Crippen molar-refractivity contribution in [3.05, 3.63) is 57.3 Å². The molecule has 4 N–H and O–H groups in total. The van der Waals surface area contributed by atoms with Gasteiger partial charge in [-0.25, -0.2) is 22.3 Å². The van der Waals surface area contributed by atoms with Gasteiger partial charge in [-0.05, 0) is 82.5 Å². The fourth-order valence-corrected chi connectivity index (χ4v) is 7.21. The Hall–Kier alpha value is -2.23. The molecule has 15 heteroatoms. The average Bonchev–Trinajstić information content (AvgIpc) is 3.33. The van der Waals surface area contributed by atoms with Gasteiger partial charge in [0.25, 0.3) is 0 Å². The summed E-state index contributed by atoms with van der Waals surface area (Å²) in [7, 11) is -4.00. The molecule has 0 aromatic heterocycles. The molecule has 1 aliphatic heterocycles. The normalized spacial score (nSPS) is 20.4. The molecule has 0 unspecified atom stereocenters. The van der Waals surface area contributed by atoms with Crippen LogP contribution in [0.4, 0.5) is 9.18 Å². The van der Waals surface area contributed by atoms with E-state index >= 15 is 4.39 Å². The lowest BCUT2D eigenvalue weighted by Gasteiger charge is -2.39. The van der Waals surface area contributed by atoms with Gasteiger partial charge in [-0.2, -0.15) is 0 Å². The van der Waals surface area contributed by atoms with Crippen LogP contribution in [0.5, 0.6) is 5.75 Å². The fraction of sp³-hybridized carbons (Fsp3) is 0.581. The number of fused-ring (bicyclic) bond motifs is 1. The minimum atomic E-state index is -4.00. The maximum Gasteiger partial charge on any atom is 0.407 e. The number of benzene rings is 2. The molecule has 0 saturated carbocycles. The number of ether oxygens (including phenoxy) is 4. The quantitative estimate of drug-likeness (QED) is 0.244. The number of hydrogen-bond donors (Lipinski definition) is 3. The second-order valence-electron chi connectivity index (χ2n) is 12.2. The lowest BCUT2D eigenvalue weighted by Crippen LogP contribution is -2.53. The number of sulfonamides is 1. The Bertz CT molecular complexity index is 1460. The van der Waals surface area contributed by atoms with E-state index in [-0.39, 0.29) is 35.9 Å². The van der Waals surface area contributed by atoms with Crippen LogP contribution < -0.4 is 20.5 Å². The van der Waals surface area contributed by atoms with Gasteiger partial charge in [0, 0.05) is 41.3 Å². The third-order valence-corrected chi connectivity index (χ3v) is 9.56. The molecule has 2 aromatic rings. The highest BCUT2D eigenvalue weighted by Crippen LogP contribution is 2.43. The highest BCUT2D eigenvalue weighted by molar-refractivity contribution is 7.89. The highest BCUT2D eigenvalue weighted by Gasteiger charge is 2.41. The van der Waals surface area contributed by atoms with Gasteiger partial charge >= 0.3 is 6.09 Å². The standard InChI is InChI=1S/C31H43Cl2FN4O7S/c1-31(2,3)45-30(39)37-21-5-4-10-38(19-21)27-18-23-24(15-20(32)16-25(23)33)29(27)44-28-7-6-22(17-26(28)34)46(40,41)36-9-12-43-14-13-42-11-8-35/h6-7,15-17,21,27,29,36H,4-5,8-14,18-19,35H2,1-3H3,(H,37,39)/t21-,27+,29+/m1/s1. The summed E-state index contributed by atoms with van der Waals surface area (Å²) in [5.41, 5.74) is 6.31. The monoisotopic (exact) mass is 704 g/mol. The number of nitrogens with zero attached hydrogens (tertiary/aromatic N) is 1. The van der Waals surface area contributed by atoms with Gasteiger partial charge in [-0.3, -0.25) is 4.90 Å². The smallest absolute Gasteiger partial charge is 0.407 e. The first kappa shape index (κ1) is 36.6. The predicted molar refractivity (Wildman–Crippen MR) is 174 cm³/mol. The summed E-state index contributed by atoms with van der Waals surface area (Å²) < 4.78 is 65.8. The molecule has 11 nitrogen and oxygen atoms in total. The number of amides is 1. The predicted octanol–water partition coefficient (Wildman–Crippen LogP) is 4.44. The minimum Gasteiger partial charge on any atom is -0.481 e. The summed E-state index contributed by atoms with van der Waals surface area (Å²) in [6.45, 7) is 8.27. The number of likely N-dealkylation sites (tertiary alicyclic amines) is 1. The van der Waals surface area contributed by atoms with Gasteiger partial charge in [0.05, 0.1) is 37.4 Å². The molecule has 256 valence electrons. The number of halogens is 3.